The molecule has 0 saturated heterocycles. The lowest BCUT2D eigenvalue weighted by Gasteiger charge is -2.13. The van der Waals surface area contributed by atoms with Gasteiger partial charge in [-0.3, -0.25) is 4.79 Å². The molecule has 1 amide bonds. The van der Waals surface area contributed by atoms with Crippen LogP contribution in [0.15, 0.2) is 36.5 Å². The normalized spacial score (nSPS) is 10.5. The highest BCUT2D eigenvalue weighted by molar-refractivity contribution is 6.03. The van der Waals surface area contributed by atoms with Crippen molar-refractivity contribution >= 4 is 17.5 Å². The van der Waals surface area contributed by atoms with E-state index in [1.54, 1.807) is 12.3 Å². The Morgan fingerprint density at radius 2 is 2.00 bits per heavy atom. The molecule has 2 N–H and O–H groups in total. The molecule has 0 radical (unpaired) electrons. The maximum atomic E-state index is 12.4. The van der Waals surface area contributed by atoms with E-state index in [9.17, 15) is 4.79 Å². The molecule has 0 atom stereocenters. The number of carbonyl (C=O) groups excluding carboxylic acids is 1. The quantitative estimate of drug-likeness (QED) is 0.854. The highest BCUT2D eigenvalue weighted by Gasteiger charge is 2.12. The first kappa shape index (κ1) is 15.9. The molecule has 2 rings (SSSR count). The van der Waals surface area contributed by atoms with Gasteiger partial charge in [0.05, 0.1) is 0 Å². The summed E-state index contributed by atoms with van der Waals surface area (Å²) < 4.78 is 0. The fraction of sp³-hybridized carbons (Fsp3) is 0.353. The predicted molar refractivity (Wildman–Crippen MR) is 89.3 cm³/mol. The largest absolute Gasteiger partial charge is 0.354 e. The second kappa shape index (κ2) is 7.54. The zero-order chi connectivity index (χ0) is 15.9. The van der Waals surface area contributed by atoms with Crippen LogP contribution in [0.3, 0.4) is 0 Å². The zero-order valence-corrected chi connectivity index (χ0v) is 13.3. The number of hydrogen-bond donors (Lipinski definition) is 2. The van der Waals surface area contributed by atoms with E-state index in [0.717, 1.165) is 24.2 Å². The molecule has 0 spiro atoms. The molecule has 1 aromatic heterocycles. The monoisotopic (exact) mass is 298 g/mol. The van der Waals surface area contributed by atoms with E-state index in [1.807, 2.05) is 24.3 Å². The molecule has 116 valence electrons. The highest BCUT2D eigenvalue weighted by atomic mass is 16.1. The molecule has 1 heterocycles. The van der Waals surface area contributed by atoms with E-state index in [4.69, 9.17) is 0 Å². The Kier molecular flexibility index (Phi) is 5.47. The van der Waals surface area contributed by atoms with E-state index in [0.29, 0.717) is 17.6 Å². The van der Waals surface area contributed by atoms with Crippen LogP contribution in [0.2, 0.25) is 0 Å². The first-order valence-corrected chi connectivity index (χ1v) is 7.59. The first-order chi connectivity index (χ1) is 10.6. The Balaban J connectivity index is 2.16. The van der Waals surface area contributed by atoms with Gasteiger partial charge in [0, 0.05) is 18.4 Å². The van der Waals surface area contributed by atoms with Crippen LogP contribution in [0.25, 0.3) is 0 Å². The third-order valence-corrected chi connectivity index (χ3v) is 3.25. The summed E-state index contributed by atoms with van der Waals surface area (Å²) in [7, 11) is 0. The average Bonchev–Trinajstić information content (AvgIpc) is 2.53. The van der Waals surface area contributed by atoms with Crippen LogP contribution in [0.4, 0.5) is 11.6 Å². The van der Waals surface area contributed by atoms with Crippen molar-refractivity contribution in [3.63, 3.8) is 0 Å². The smallest absolute Gasteiger partial charge is 0.274 e. The molecular formula is C17H22N4O. The Morgan fingerprint density at radius 1 is 1.23 bits per heavy atom. The standard InChI is InChI=1S/C17H22N4O/c1-4-10-18-17-19-11-9-15(21-17)16(22)20-14-8-6-5-7-13(14)12(2)3/h5-9,11-12H,4,10H2,1-3H3,(H,20,22)(H,18,19,21). The Bertz CT molecular complexity index is 640. The Morgan fingerprint density at radius 3 is 2.73 bits per heavy atom. The molecule has 0 aliphatic heterocycles. The van der Waals surface area contributed by atoms with E-state index >= 15 is 0 Å². The maximum Gasteiger partial charge on any atom is 0.274 e. The zero-order valence-electron chi connectivity index (χ0n) is 13.3. The molecule has 5 heteroatoms. The van der Waals surface area contributed by atoms with Gasteiger partial charge in [0.15, 0.2) is 0 Å². The number of benzene rings is 1. The van der Waals surface area contributed by atoms with Gasteiger partial charge in [-0.25, -0.2) is 9.97 Å². The molecule has 0 aliphatic rings. The summed E-state index contributed by atoms with van der Waals surface area (Å²) in [6.07, 6.45) is 2.57. The minimum absolute atomic E-state index is 0.227. The molecular weight excluding hydrogens is 276 g/mol. The topological polar surface area (TPSA) is 66.9 Å². The van der Waals surface area contributed by atoms with Crippen LogP contribution in [0.1, 0.15) is 49.2 Å². The second-order valence-electron chi connectivity index (χ2n) is 5.39. The number of nitrogens with zero attached hydrogens (tertiary/aromatic N) is 2. The summed E-state index contributed by atoms with van der Waals surface area (Å²) in [6, 6.07) is 9.43. The maximum absolute atomic E-state index is 12.4. The van der Waals surface area contributed by atoms with E-state index in [-0.39, 0.29) is 5.91 Å². The van der Waals surface area contributed by atoms with Crippen LogP contribution in [-0.4, -0.2) is 22.4 Å². The minimum Gasteiger partial charge on any atom is -0.354 e. The molecule has 0 unspecified atom stereocenters. The SMILES string of the molecule is CCCNc1nccc(C(=O)Nc2ccccc2C(C)C)n1. The summed E-state index contributed by atoms with van der Waals surface area (Å²) in [4.78, 5) is 20.7. The van der Waals surface area contributed by atoms with Crippen molar-refractivity contribution in [1.82, 2.24) is 9.97 Å². The Hall–Kier alpha value is -2.43. The number of para-hydroxylation sites is 1. The van der Waals surface area contributed by atoms with Crippen LogP contribution in [0.5, 0.6) is 0 Å². The first-order valence-electron chi connectivity index (χ1n) is 7.59. The summed E-state index contributed by atoms with van der Waals surface area (Å²) in [5.74, 6) is 0.588. The van der Waals surface area contributed by atoms with Crippen LogP contribution in [-0.2, 0) is 0 Å². The molecule has 0 saturated carbocycles. The molecule has 5 nitrogen and oxygen atoms in total. The summed E-state index contributed by atoms with van der Waals surface area (Å²) >= 11 is 0. The summed E-state index contributed by atoms with van der Waals surface area (Å²) in [5, 5.41) is 6.02. The second-order valence-corrected chi connectivity index (χ2v) is 5.39. The molecule has 2 aromatic rings. The van der Waals surface area contributed by atoms with Gasteiger partial charge in [-0.15, -0.1) is 0 Å². The summed E-state index contributed by atoms with van der Waals surface area (Å²) in [5.41, 5.74) is 2.28. The molecule has 0 fully saturated rings. The third kappa shape index (κ3) is 4.04. The third-order valence-electron chi connectivity index (χ3n) is 3.25. The van der Waals surface area contributed by atoms with Crippen LogP contribution in [0, 0.1) is 0 Å². The summed E-state index contributed by atoms with van der Waals surface area (Å²) in [6.45, 7) is 7.04. The van der Waals surface area contributed by atoms with Crippen LogP contribution >= 0.6 is 0 Å². The highest BCUT2D eigenvalue weighted by Crippen LogP contribution is 2.24. The lowest BCUT2D eigenvalue weighted by molar-refractivity contribution is 0.102. The van der Waals surface area contributed by atoms with Crippen molar-refractivity contribution in [2.45, 2.75) is 33.1 Å². The number of amides is 1. The fourth-order valence-corrected chi connectivity index (χ4v) is 2.11. The van der Waals surface area contributed by atoms with E-state index in [2.05, 4.69) is 41.4 Å². The number of rotatable bonds is 6. The van der Waals surface area contributed by atoms with E-state index < -0.39 is 0 Å². The Labute approximate surface area is 131 Å². The molecule has 1 aromatic carbocycles. The average molecular weight is 298 g/mol. The molecule has 22 heavy (non-hydrogen) atoms. The molecule has 0 aliphatic carbocycles. The van der Waals surface area contributed by atoms with Gasteiger partial charge in [-0.1, -0.05) is 39.0 Å². The lowest BCUT2D eigenvalue weighted by atomic mass is 10.0. The minimum atomic E-state index is -0.227. The number of nitrogens with one attached hydrogen (secondary N) is 2. The van der Waals surface area contributed by atoms with Gasteiger partial charge < -0.3 is 10.6 Å². The number of hydrogen-bond acceptors (Lipinski definition) is 4. The number of aromatic nitrogens is 2. The fourth-order valence-electron chi connectivity index (χ4n) is 2.11. The van der Waals surface area contributed by atoms with Gasteiger partial charge in [-0.2, -0.15) is 0 Å². The lowest BCUT2D eigenvalue weighted by Crippen LogP contribution is -2.16. The van der Waals surface area contributed by atoms with Crippen molar-refractivity contribution in [2.75, 3.05) is 17.2 Å². The van der Waals surface area contributed by atoms with Gasteiger partial charge in [0.25, 0.3) is 5.91 Å². The molecule has 0 bridgehead atoms. The van der Waals surface area contributed by atoms with Gasteiger partial charge >= 0.3 is 0 Å². The van der Waals surface area contributed by atoms with E-state index in [1.165, 1.54) is 0 Å². The van der Waals surface area contributed by atoms with Crippen molar-refractivity contribution in [3.05, 3.63) is 47.8 Å². The number of anilines is 2. The van der Waals surface area contributed by atoms with Crippen molar-refractivity contribution in [3.8, 4) is 0 Å². The predicted octanol–water partition coefficient (Wildman–Crippen LogP) is 3.67. The van der Waals surface area contributed by atoms with Crippen molar-refractivity contribution in [2.24, 2.45) is 0 Å². The van der Waals surface area contributed by atoms with Crippen LogP contribution < -0.4 is 10.6 Å². The van der Waals surface area contributed by atoms with Gasteiger partial charge in [0.2, 0.25) is 5.95 Å². The van der Waals surface area contributed by atoms with Crippen molar-refractivity contribution < 1.29 is 4.79 Å². The van der Waals surface area contributed by atoms with Gasteiger partial charge in [-0.05, 0) is 30.0 Å². The van der Waals surface area contributed by atoms with Crippen molar-refractivity contribution in [1.29, 1.82) is 0 Å². The van der Waals surface area contributed by atoms with Gasteiger partial charge in [0.1, 0.15) is 5.69 Å². The number of carbonyl (C=O) groups is 1.